The fourth-order valence-electron chi connectivity index (χ4n) is 6.28. The number of carbonyl (C=O) groups is 2. The van der Waals surface area contributed by atoms with Gasteiger partial charge in [0.1, 0.15) is 24.5 Å². The molecule has 0 aromatic heterocycles. The monoisotopic (exact) mass is 571 g/mol. The lowest BCUT2D eigenvalue weighted by molar-refractivity contribution is -0.138. The van der Waals surface area contributed by atoms with Gasteiger partial charge in [-0.15, -0.1) is 0 Å². The quantitative estimate of drug-likeness (QED) is 0.527. The Morgan fingerprint density at radius 1 is 1.05 bits per heavy atom. The Bertz CT molecular complexity index is 1220. The summed E-state index contributed by atoms with van der Waals surface area (Å²) >= 11 is 0. The van der Waals surface area contributed by atoms with Crippen molar-refractivity contribution < 1.29 is 32.6 Å². The first-order valence-corrected chi connectivity index (χ1v) is 14.3. The van der Waals surface area contributed by atoms with Crippen molar-refractivity contribution in [1.82, 2.24) is 15.1 Å². The first-order chi connectivity index (χ1) is 19.6. The van der Waals surface area contributed by atoms with Crippen LogP contribution in [0, 0.1) is 17.0 Å². The normalized spacial score (nSPS) is 24.1. The SMILES string of the molecule is CC(C)(C)C(NC(=O)OCc1ccccc1)C(=O)N1CCC2C1C(Oc1ccc(F)c(F)c1)CN2C1CCOCC1. The standard InChI is InChI=1S/C31H39F2N3O5/c1-31(2,3)28(34-30(38)40-19-20-7-5-4-6-8-20)29(37)35-14-11-25-27(35)26(18-36(25)21-12-15-39-16-13-21)41-22-9-10-23(32)24(33)17-22/h4-10,17,21,25-28H,11-16,18-19H2,1-3H3,(H,34,38). The molecule has 2 aromatic rings. The van der Waals surface area contributed by atoms with Gasteiger partial charge >= 0.3 is 6.09 Å². The summed E-state index contributed by atoms with van der Waals surface area (Å²) < 4.78 is 44.9. The number of rotatable bonds is 7. The number of halogens is 2. The van der Waals surface area contributed by atoms with Crippen molar-refractivity contribution in [1.29, 1.82) is 0 Å². The van der Waals surface area contributed by atoms with Crippen molar-refractivity contribution in [3.8, 4) is 5.75 Å². The van der Waals surface area contributed by atoms with E-state index in [9.17, 15) is 18.4 Å². The predicted molar refractivity (Wildman–Crippen MR) is 148 cm³/mol. The number of hydrogen-bond acceptors (Lipinski definition) is 6. The summed E-state index contributed by atoms with van der Waals surface area (Å²) in [5, 5.41) is 2.82. The third kappa shape index (κ3) is 6.64. The number of likely N-dealkylation sites (tertiary alicyclic amines) is 2. The van der Waals surface area contributed by atoms with Crippen LogP contribution in [0.4, 0.5) is 13.6 Å². The minimum absolute atomic E-state index is 0.0444. The highest BCUT2D eigenvalue weighted by molar-refractivity contribution is 5.87. The molecule has 0 saturated carbocycles. The Hall–Kier alpha value is -3.24. The van der Waals surface area contributed by atoms with E-state index >= 15 is 0 Å². The molecule has 8 nitrogen and oxygen atoms in total. The molecule has 3 aliphatic rings. The largest absolute Gasteiger partial charge is 0.487 e. The molecule has 3 saturated heterocycles. The molecule has 222 valence electrons. The highest BCUT2D eigenvalue weighted by Gasteiger charge is 2.54. The number of ether oxygens (including phenoxy) is 3. The molecule has 0 aliphatic carbocycles. The Morgan fingerprint density at radius 3 is 2.46 bits per heavy atom. The Balaban J connectivity index is 1.35. The molecule has 0 spiro atoms. The van der Waals surface area contributed by atoms with E-state index in [0.717, 1.165) is 37.0 Å². The number of alkyl carbamates (subject to hydrolysis) is 1. The summed E-state index contributed by atoms with van der Waals surface area (Å²) in [6.07, 6.45) is 1.40. The predicted octanol–water partition coefficient (Wildman–Crippen LogP) is 4.52. The van der Waals surface area contributed by atoms with Crippen LogP contribution in [0.3, 0.4) is 0 Å². The second-order valence-electron chi connectivity index (χ2n) is 12.2. The van der Waals surface area contributed by atoms with Crippen LogP contribution in [0.15, 0.2) is 48.5 Å². The van der Waals surface area contributed by atoms with Crippen molar-refractivity contribution in [3.05, 3.63) is 65.7 Å². The van der Waals surface area contributed by atoms with E-state index in [-0.39, 0.29) is 36.4 Å². The average molecular weight is 572 g/mol. The van der Waals surface area contributed by atoms with Crippen LogP contribution < -0.4 is 10.1 Å². The fourth-order valence-corrected chi connectivity index (χ4v) is 6.28. The van der Waals surface area contributed by atoms with Crippen molar-refractivity contribution >= 4 is 12.0 Å². The molecular formula is C31H39F2N3O5. The molecule has 0 bridgehead atoms. The van der Waals surface area contributed by atoms with Gasteiger partial charge in [-0.1, -0.05) is 51.1 Å². The zero-order valence-electron chi connectivity index (χ0n) is 23.9. The Labute approximate surface area is 239 Å². The van der Waals surface area contributed by atoms with E-state index in [1.165, 1.54) is 6.07 Å². The van der Waals surface area contributed by atoms with Gasteiger partial charge in [0.2, 0.25) is 5.91 Å². The summed E-state index contributed by atoms with van der Waals surface area (Å²) in [7, 11) is 0. The molecule has 2 aromatic carbocycles. The number of nitrogens with one attached hydrogen (secondary N) is 1. The second kappa shape index (κ2) is 12.3. The van der Waals surface area contributed by atoms with E-state index in [2.05, 4.69) is 10.2 Å². The van der Waals surface area contributed by atoms with Crippen LogP contribution in [0.2, 0.25) is 0 Å². The van der Waals surface area contributed by atoms with Crippen molar-refractivity contribution in [2.75, 3.05) is 26.3 Å². The molecule has 2 amide bonds. The lowest BCUT2D eigenvalue weighted by Gasteiger charge is -2.37. The molecule has 4 unspecified atom stereocenters. The molecule has 10 heteroatoms. The van der Waals surface area contributed by atoms with Crippen molar-refractivity contribution in [2.45, 2.75) is 76.9 Å². The van der Waals surface area contributed by atoms with Gasteiger partial charge in [-0.05, 0) is 42.4 Å². The minimum Gasteiger partial charge on any atom is -0.487 e. The van der Waals surface area contributed by atoms with Gasteiger partial charge in [0, 0.05) is 44.5 Å². The lowest BCUT2D eigenvalue weighted by Crippen LogP contribution is -2.58. The number of hydrogen-bond donors (Lipinski definition) is 1. The lowest BCUT2D eigenvalue weighted by atomic mass is 9.85. The highest BCUT2D eigenvalue weighted by atomic mass is 19.2. The maximum Gasteiger partial charge on any atom is 0.408 e. The van der Waals surface area contributed by atoms with Gasteiger partial charge in [-0.2, -0.15) is 0 Å². The second-order valence-corrected chi connectivity index (χ2v) is 12.2. The summed E-state index contributed by atoms with van der Waals surface area (Å²) in [4.78, 5) is 31.2. The van der Waals surface area contributed by atoms with Crippen LogP contribution in [0.25, 0.3) is 0 Å². The summed E-state index contributed by atoms with van der Waals surface area (Å²) in [5.74, 6) is -1.92. The van der Waals surface area contributed by atoms with Crippen LogP contribution >= 0.6 is 0 Å². The van der Waals surface area contributed by atoms with Crippen LogP contribution in [0.1, 0.15) is 45.6 Å². The zero-order chi connectivity index (χ0) is 29.1. The smallest absolute Gasteiger partial charge is 0.408 e. The Morgan fingerprint density at radius 2 is 1.78 bits per heavy atom. The molecule has 0 radical (unpaired) electrons. The van der Waals surface area contributed by atoms with E-state index in [1.807, 2.05) is 56.0 Å². The number of nitrogens with zero attached hydrogens (tertiary/aromatic N) is 2. The van der Waals surface area contributed by atoms with Crippen LogP contribution in [0.5, 0.6) is 5.75 Å². The van der Waals surface area contributed by atoms with E-state index in [0.29, 0.717) is 26.3 Å². The van der Waals surface area contributed by atoms with E-state index in [4.69, 9.17) is 14.2 Å². The van der Waals surface area contributed by atoms with Gasteiger partial charge in [-0.25, -0.2) is 13.6 Å². The van der Waals surface area contributed by atoms with Crippen LogP contribution in [-0.2, 0) is 20.9 Å². The molecule has 41 heavy (non-hydrogen) atoms. The number of carbonyl (C=O) groups excluding carboxylic acids is 2. The van der Waals surface area contributed by atoms with Crippen molar-refractivity contribution in [2.24, 2.45) is 5.41 Å². The van der Waals surface area contributed by atoms with Crippen LogP contribution in [-0.4, -0.2) is 78.4 Å². The van der Waals surface area contributed by atoms with E-state index < -0.39 is 35.3 Å². The van der Waals surface area contributed by atoms with Gasteiger partial charge in [0.25, 0.3) is 0 Å². The molecule has 3 aliphatic heterocycles. The molecular weight excluding hydrogens is 532 g/mol. The molecule has 5 rings (SSSR count). The number of amides is 2. The highest BCUT2D eigenvalue weighted by Crippen LogP contribution is 2.38. The molecule has 1 N–H and O–H groups in total. The van der Waals surface area contributed by atoms with Gasteiger partial charge in [0.15, 0.2) is 11.6 Å². The maximum absolute atomic E-state index is 14.2. The molecule has 3 fully saturated rings. The van der Waals surface area contributed by atoms with Gasteiger partial charge in [0.05, 0.1) is 6.04 Å². The number of benzene rings is 2. The minimum atomic E-state index is -0.983. The zero-order valence-corrected chi connectivity index (χ0v) is 23.9. The average Bonchev–Trinajstić information content (AvgIpc) is 3.54. The van der Waals surface area contributed by atoms with Gasteiger partial charge in [-0.3, -0.25) is 9.69 Å². The summed E-state index contributed by atoms with van der Waals surface area (Å²) in [5.41, 5.74) is 0.246. The third-order valence-electron chi connectivity index (χ3n) is 8.33. The molecule has 3 heterocycles. The first-order valence-electron chi connectivity index (χ1n) is 14.3. The summed E-state index contributed by atoms with van der Waals surface area (Å²) in [6, 6.07) is 12.0. The first kappa shape index (κ1) is 29.3. The number of fused-ring (bicyclic) bond motifs is 1. The Kier molecular flexibility index (Phi) is 8.79. The maximum atomic E-state index is 14.2. The van der Waals surface area contributed by atoms with Crippen molar-refractivity contribution in [3.63, 3.8) is 0 Å². The topological polar surface area (TPSA) is 80.3 Å². The third-order valence-corrected chi connectivity index (χ3v) is 8.33. The summed E-state index contributed by atoms with van der Waals surface area (Å²) in [6.45, 7) is 8.20. The van der Waals surface area contributed by atoms with Gasteiger partial charge < -0.3 is 24.4 Å². The molecule has 4 atom stereocenters. The fraction of sp³-hybridized carbons (Fsp3) is 0.548. The van der Waals surface area contributed by atoms with E-state index in [1.54, 1.807) is 0 Å².